The molecule has 8 nitrogen and oxygen atoms in total. The molecule has 0 aliphatic rings. The van der Waals surface area contributed by atoms with E-state index in [0.29, 0.717) is 11.4 Å². The van der Waals surface area contributed by atoms with Gasteiger partial charge in [-0.05, 0) is 24.3 Å². The molecule has 0 aliphatic carbocycles. The summed E-state index contributed by atoms with van der Waals surface area (Å²) in [6.45, 7) is -1.47. The van der Waals surface area contributed by atoms with Crippen molar-refractivity contribution in [2.24, 2.45) is 0 Å². The van der Waals surface area contributed by atoms with Crippen molar-refractivity contribution in [3.05, 3.63) is 60.2 Å². The summed E-state index contributed by atoms with van der Waals surface area (Å²) < 4.78 is 42.0. The molecular formula is C19H16F3N5O3. The van der Waals surface area contributed by atoms with Gasteiger partial charge in [-0.2, -0.15) is 18.2 Å². The van der Waals surface area contributed by atoms with Gasteiger partial charge in [0.05, 0.1) is 11.3 Å². The average molecular weight is 419 g/mol. The van der Waals surface area contributed by atoms with E-state index >= 15 is 0 Å². The van der Waals surface area contributed by atoms with Crippen molar-refractivity contribution >= 4 is 17.5 Å². The van der Waals surface area contributed by atoms with Crippen LogP contribution < -0.4 is 10.6 Å². The van der Waals surface area contributed by atoms with E-state index in [4.69, 9.17) is 4.52 Å². The van der Waals surface area contributed by atoms with Crippen molar-refractivity contribution in [1.82, 2.24) is 20.4 Å². The summed E-state index contributed by atoms with van der Waals surface area (Å²) in [6, 6.07) is 9.20. The predicted octanol–water partition coefficient (Wildman–Crippen LogP) is 3.00. The molecule has 3 aromatic rings. The van der Waals surface area contributed by atoms with Crippen LogP contribution in [0.25, 0.3) is 11.4 Å². The zero-order valence-electron chi connectivity index (χ0n) is 15.4. The quantitative estimate of drug-likeness (QED) is 0.609. The van der Waals surface area contributed by atoms with Gasteiger partial charge < -0.3 is 15.2 Å². The van der Waals surface area contributed by atoms with Crippen molar-refractivity contribution < 1.29 is 27.3 Å². The SMILES string of the molecule is O=C(CCc1nc(-c2ccncc2)no1)Nc1ccccc1C(=O)NCC(F)(F)F. The second-order valence-corrected chi connectivity index (χ2v) is 6.14. The molecule has 11 heteroatoms. The van der Waals surface area contributed by atoms with Crippen LogP contribution in [-0.2, 0) is 11.2 Å². The lowest BCUT2D eigenvalue weighted by Crippen LogP contribution is -2.34. The highest BCUT2D eigenvalue weighted by Crippen LogP contribution is 2.18. The lowest BCUT2D eigenvalue weighted by molar-refractivity contribution is -0.123. The predicted molar refractivity (Wildman–Crippen MR) is 99.3 cm³/mol. The van der Waals surface area contributed by atoms with Gasteiger partial charge in [-0.1, -0.05) is 17.3 Å². The molecule has 0 unspecified atom stereocenters. The van der Waals surface area contributed by atoms with Crippen LogP contribution in [0.1, 0.15) is 22.7 Å². The van der Waals surface area contributed by atoms with Gasteiger partial charge in [0.15, 0.2) is 0 Å². The number of hydrogen-bond acceptors (Lipinski definition) is 6. The summed E-state index contributed by atoms with van der Waals surface area (Å²) in [5, 5.41) is 8.13. The first-order valence-electron chi connectivity index (χ1n) is 8.78. The molecule has 0 saturated heterocycles. The van der Waals surface area contributed by atoms with Crippen LogP contribution in [-0.4, -0.2) is 39.7 Å². The molecule has 0 atom stereocenters. The van der Waals surface area contributed by atoms with E-state index in [0.717, 1.165) is 0 Å². The Balaban J connectivity index is 1.58. The fourth-order valence-electron chi connectivity index (χ4n) is 2.47. The first-order chi connectivity index (χ1) is 14.3. The van der Waals surface area contributed by atoms with Crippen molar-refractivity contribution in [3.63, 3.8) is 0 Å². The molecule has 2 amide bonds. The van der Waals surface area contributed by atoms with Crippen LogP contribution in [0, 0.1) is 0 Å². The van der Waals surface area contributed by atoms with Crippen molar-refractivity contribution in [1.29, 1.82) is 0 Å². The molecule has 2 heterocycles. The number of pyridine rings is 1. The number of carbonyl (C=O) groups is 2. The highest BCUT2D eigenvalue weighted by molar-refractivity contribution is 6.03. The molecule has 30 heavy (non-hydrogen) atoms. The summed E-state index contributed by atoms with van der Waals surface area (Å²) in [5.41, 5.74) is 0.737. The highest BCUT2D eigenvalue weighted by atomic mass is 19.4. The number of benzene rings is 1. The van der Waals surface area contributed by atoms with Crippen LogP contribution in [0.2, 0.25) is 0 Å². The molecule has 2 aromatic heterocycles. The normalized spacial score (nSPS) is 11.2. The number of alkyl halides is 3. The van der Waals surface area contributed by atoms with Gasteiger partial charge in [0.1, 0.15) is 6.54 Å². The molecule has 1 aromatic carbocycles. The van der Waals surface area contributed by atoms with Gasteiger partial charge in [-0.25, -0.2) is 0 Å². The summed E-state index contributed by atoms with van der Waals surface area (Å²) >= 11 is 0. The maximum absolute atomic E-state index is 12.3. The van der Waals surface area contributed by atoms with Gasteiger partial charge in [0.25, 0.3) is 5.91 Å². The molecule has 3 rings (SSSR count). The average Bonchev–Trinajstić information content (AvgIpc) is 3.20. The van der Waals surface area contributed by atoms with Crippen LogP contribution in [0.15, 0.2) is 53.3 Å². The molecule has 2 N–H and O–H groups in total. The smallest absolute Gasteiger partial charge is 0.343 e. The highest BCUT2D eigenvalue weighted by Gasteiger charge is 2.28. The molecule has 0 aliphatic heterocycles. The monoisotopic (exact) mass is 419 g/mol. The van der Waals surface area contributed by atoms with Crippen molar-refractivity contribution in [3.8, 4) is 11.4 Å². The standard InChI is InChI=1S/C19H16F3N5O3/c20-19(21,22)11-24-18(29)13-3-1-2-4-14(13)25-15(28)5-6-16-26-17(27-30-16)12-7-9-23-10-8-12/h1-4,7-10H,5-6,11H2,(H,24,29)(H,25,28). The summed E-state index contributed by atoms with van der Waals surface area (Å²) in [5.74, 6) is -0.801. The fourth-order valence-corrected chi connectivity index (χ4v) is 2.47. The van der Waals surface area contributed by atoms with E-state index in [1.807, 2.05) is 0 Å². The third-order valence-electron chi connectivity index (χ3n) is 3.87. The lowest BCUT2D eigenvalue weighted by atomic mass is 10.1. The zero-order chi connectivity index (χ0) is 21.6. The summed E-state index contributed by atoms with van der Waals surface area (Å²) in [6.07, 6.45) is -1.25. The number of amides is 2. The third kappa shape index (κ3) is 5.87. The number of aromatic nitrogens is 3. The molecule has 156 valence electrons. The minimum Gasteiger partial charge on any atom is -0.343 e. The first kappa shape index (κ1) is 21.0. The Bertz CT molecular complexity index is 1020. The van der Waals surface area contributed by atoms with E-state index in [1.165, 1.54) is 18.2 Å². The first-order valence-corrected chi connectivity index (χ1v) is 8.78. The number of anilines is 1. The van der Waals surface area contributed by atoms with E-state index in [-0.39, 0.29) is 30.0 Å². The third-order valence-corrected chi connectivity index (χ3v) is 3.87. The molecule has 0 fully saturated rings. The van der Waals surface area contributed by atoms with Crippen LogP contribution in [0.5, 0.6) is 0 Å². The minimum absolute atomic E-state index is 0.0313. The number of hydrogen-bond donors (Lipinski definition) is 2. The van der Waals surface area contributed by atoms with Gasteiger partial charge in [-0.3, -0.25) is 14.6 Å². The molecule has 0 saturated carbocycles. The minimum atomic E-state index is -4.53. The summed E-state index contributed by atoms with van der Waals surface area (Å²) in [4.78, 5) is 32.3. The van der Waals surface area contributed by atoms with Gasteiger partial charge >= 0.3 is 6.18 Å². The topological polar surface area (TPSA) is 110 Å². The number of halogens is 3. The fraction of sp³-hybridized carbons (Fsp3) is 0.211. The van der Waals surface area contributed by atoms with E-state index < -0.39 is 24.5 Å². The van der Waals surface area contributed by atoms with Crippen molar-refractivity contribution in [2.45, 2.75) is 19.0 Å². The van der Waals surface area contributed by atoms with E-state index in [9.17, 15) is 22.8 Å². The second-order valence-electron chi connectivity index (χ2n) is 6.14. The zero-order valence-corrected chi connectivity index (χ0v) is 15.4. The maximum atomic E-state index is 12.3. The van der Waals surface area contributed by atoms with Gasteiger partial charge in [0.2, 0.25) is 17.6 Å². The Labute approximate surface area is 168 Å². The molecule has 0 bridgehead atoms. The van der Waals surface area contributed by atoms with Crippen LogP contribution in [0.4, 0.5) is 18.9 Å². The number of nitrogens with zero attached hydrogens (tertiary/aromatic N) is 3. The van der Waals surface area contributed by atoms with Crippen LogP contribution >= 0.6 is 0 Å². The Morgan fingerprint density at radius 2 is 1.80 bits per heavy atom. The molecule has 0 radical (unpaired) electrons. The van der Waals surface area contributed by atoms with Gasteiger partial charge in [0, 0.05) is 30.8 Å². The lowest BCUT2D eigenvalue weighted by Gasteiger charge is -2.12. The second kappa shape index (κ2) is 9.16. The van der Waals surface area contributed by atoms with Crippen LogP contribution in [0.3, 0.4) is 0 Å². The summed E-state index contributed by atoms with van der Waals surface area (Å²) in [7, 11) is 0. The van der Waals surface area contributed by atoms with E-state index in [2.05, 4.69) is 20.4 Å². The molecular weight excluding hydrogens is 403 g/mol. The number of rotatable bonds is 7. The van der Waals surface area contributed by atoms with Crippen molar-refractivity contribution in [2.75, 3.05) is 11.9 Å². The number of nitrogens with one attached hydrogen (secondary N) is 2. The Hall–Kier alpha value is -3.76. The molecule has 0 spiro atoms. The Kier molecular flexibility index (Phi) is 6.40. The van der Waals surface area contributed by atoms with Gasteiger partial charge in [-0.15, -0.1) is 0 Å². The van der Waals surface area contributed by atoms with E-state index in [1.54, 1.807) is 35.9 Å². The number of aryl methyl sites for hydroxylation is 1. The number of para-hydroxylation sites is 1. The Morgan fingerprint density at radius 3 is 2.53 bits per heavy atom. The number of carbonyl (C=O) groups excluding carboxylic acids is 2. The largest absolute Gasteiger partial charge is 0.405 e. The maximum Gasteiger partial charge on any atom is 0.405 e. The Morgan fingerprint density at radius 1 is 1.07 bits per heavy atom.